The van der Waals surface area contributed by atoms with Crippen LogP contribution in [0.5, 0.6) is 0 Å². The predicted molar refractivity (Wildman–Crippen MR) is 103 cm³/mol. The zero-order valence-corrected chi connectivity index (χ0v) is 15.7. The standard InChI is InChI=1S/C19H23ClN2O.ClH/c1-18(2,15-10-7-11-16(20)12-15)13-22-17(23)19(3,21)14-8-5-4-6-9-14;/h4-12H,13,21H2,1-3H3,(H,22,23);1H. The Kier molecular flexibility index (Phi) is 6.85. The van der Waals surface area contributed by atoms with Crippen molar-refractivity contribution < 1.29 is 4.79 Å². The molecule has 0 aliphatic heterocycles. The molecule has 0 aromatic heterocycles. The number of rotatable bonds is 5. The molecule has 1 atom stereocenters. The highest BCUT2D eigenvalue weighted by Gasteiger charge is 2.32. The minimum atomic E-state index is -1.06. The van der Waals surface area contributed by atoms with E-state index in [2.05, 4.69) is 19.2 Å². The van der Waals surface area contributed by atoms with Gasteiger partial charge in [0.1, 0.15) is 5.54 Å². The molecular weight excluding hydrogens is 343 g/mol. The summed E-state index contributed by atoms with van der Waals surface area (Å²) in [6, 6.07) is 17.1. The number of nitrogens with one attached hydrogen (secondary N) is 1. The van der Waals surface area contributed by atoms with Gasteiger partial charge in [-0.05, 0) is 30.2 Å². The SMILES string of the molecule is CC(C)(CNC(=O)C(C)(N)c1ccccc1)c1cccc(Cl)c1.Cl. The van der Waals surface area contributed by atoms with E-state index in [0.29, 0.717) is 11.6 Å². The van der Waals surface area contributed by atoms with Crippen molar-refractivity contribution in [2.45, 2.75) is 31.7 Å². The Hall–Kier alpha value is -1.55. The third-order valence-electron chi connectivity index (χ3n) is 4.14. The molecule has 1 unspecified atom stereocenters. The topological polar surface area (TPSA) is 55.1 Å². The van der Waals surface area contributed by atoms with Gasteiger partial charge in [-0.25, -0.2) is 0 Å². The van der Waals surface area contributed by atoms with Gasteiger partial charge >= 0.3 is 0 Å². The summed E-state index contributed by atoms with van der Waals surface area (Å²) < 4.78 is 0. The maximum atomic E-state index is 12.5. The molecule has 0 bridgehead atoms. The number of nitrogens with two attached hydrogens (primary N) is 1. The first-order valence-electron chi connectivity index (χ1n) is 7.62. The van der Waals surface area contributed by atoms with E-state index in [0.717, 1.165) is 11.1 Å². The molecule has 2 rings (SSSR count). The Labute approximate surface area is 155 Å². The number of carbonyl (C=O) groups excluding carboxylic acids is 1. The number of halogens is 2. The minimum absolute atomic E-state index is 0. The molecule has 0 radical (unpaired) electrons. The fraction of sp³-hybridized carbons (Fsp3) is 0.316. The van der Waals surface area contributed by atoms with Crippen LogP contribution < -0.4 is 11.1 Å². The van der Waals surface area contributed by atoms with Gasteiger partial charge in [0.25, 0.3) is 0 Å². The molecule has 0 heterocycles. The Bertz CT molecular complexity index is 685. The molecule has 24 heavy (non-hydrogen) atoms. The van der Waals surface area contributed by atoms with E-state index >= 15 is 0 Å². The number of amides is 1. The number of hydrogen-bond donors (Lipinski definition) is 2. The summed E-state index contributed by atoms with van der Waals surface area (Å²) in [6.07, 6.45) is 0. The average Bonchev–Trinajstić information content (AvgIpc) is 2.53. The molecule has 0 aliphatic rings. The van der Waals surface area contributed by atoms with Gasteiger partial charge in [-0.3, -0.25) is 4.79 Å². The van der Waals surface area contributed by atoms with Gasteiger partial charge in [0.15, 0.2) is 0 Å². The molecule has 0 saturated carbocycles. The molecule has 3 nitrogen and oxygen atoms in total. The maximum Gasteiger partial charge on any atom is 0.244 e. The van der Waals surface area contributed by atoms with Gasteiger partial charge in [0, 0.05) is 17.0 Å². The van der Waals surface area contributed by atoms with E-state index in [1.165, 1.54) is 0 Å². The molecule has 2 aromatic rings. The Morgan fingerprint density at radius 1 is 1.04 bits per heavy atom. The third-order valence-corrected chi connectivity index (χ3v) is 4.38. The fourth-order valence-electron chi connectivity index (χ4n) is 2.41. The van der Waals surface area contributed by atoms with Crippen LogP contribution >= 0.6 is 24.0 Å². The summed E-state index contributed by atoms with van der Waals surface area (Å²) in [5.41, 5.74) is 6.80. The number of hydrogen-bond acceptors (Lipinski definition) is 2. The zero-order valence-electron chi connectivity index (χ0n) is 14.2. The molecule has 130 valence electrons. The van der Waals surface area contributed by atoms with E-state index in [1.54, 1.807) is 6.92 Å². The Morgan fingerprint density at radius 3 is 2.21 bits per heavy atom. The summed E-state index contributed by atoms with van der Waals surface area (Å²) >= 11 is 6.06. The number of carbonyl (C=O) groups is 1. The highest BCUT2D eigenvalue weighted by Crippen LogP contribution is 2.25. The lowest BCUT2D eigenvalue weighted by Gasteiger charge is -2.29. The predicted octanol–water partition coefficient (Wildman–Crippen LogP) is 4.03. The van der Waals surface area contributed by atoms with Crippen LogP contribution in [0.3, 0.4) is 0 Å². The molecule has 0 fully saturated rings. The molecule has 0 spiro atoms. The third kappa shape index (κ3) is 4.73. The quantitative estimate of drug-likeness (QED) is 0.838. The average molecular weight is 367 g/mol. The van der Waals surface area contributed by atoms with Crippen molar-refractivity contribution in [3.05, 3.63) is 70.7 Å². The van der Waals surface area contributed by atoms with E-state index in [1.807, 2.05) is 54.6 Å². The minimum Gasteiger partial charge on any atom is -0.353 e. The first kappa shape index (κ1) is 20.5. The zero-order chi connectivity index (χ0) is 17.1. The van der Waals surface area contributed by atoms with Crippen LogP contribution in [0, 0.1) is 0 Å². The van der Waals surface area contributed by atoms with Crippen molar-refractivity contribution in [1.82, 2.24) is 5.32 Å². The molecular formula is C19H24Cl2N2O. The summed E-state index contributed by atoms with van der Waals surface area (Å²) in [5, 5.41) is 3.66. The molecule has 3 N–H and O–H groups in total. The van der Waals surface area contributed by atoms with Crippen LogP contribution in [0.1, 0.15) is 31.9 Å². The first-order valence-corrected chi connectivity index (χ1v) is 8.00. The molecule has 5 heteroatoms. The van der Waals surface area contributed by atoms with Crippen LogP contribution in [0.4, 0.5) is 0 Å². The normalized spacial score (nSPS) is 13.5. The van der Waals surface area contributed by atoms with Crippen molar-refractivity contribution in [3.8, 4) is 0 Å². The van der Waals surface area contributed by atoms with E-state index in [9.17, 15) is 4.79 Å². The van der Waals surface area contributed by atoms with Crippen LogP contribution in [-0.4, -0.2) is 12.5 Å². The van der Waals surface area contributed by atoms with Crippen molar-refractivity contribution in [1.29, 1.82) is 0 Å². The van der Waals surface area contributed by atoms with Crippen LogP contribution in [0.15, 0.2) is 54.6 Å². The lowest BCUT2D eigenvalue weighted by Crippen LogP contribution is -2.51. The van der Waals surface area contributed by atoms with E-state index in [4.69, 9.17) is 17.3 Å². The van der Waals surface area contributed by atoms with E-state index in [-0.39, 0.29) is 23.7 Å². The van der Waals surface area contributed by atoms with Gasteiger partial charge in [0.05, 0.1) is 0 Å². The summed E-state index contributed by atoms with van der Waals surface area (Å²) in [7, 11) is 0. The fourth-order valence-corrected chi connectivity index (χ4v) is 2.60. The lowest BCUT2D eigenvalue weighted by molar-refractivity contribution is -0.126. The van der Waals surface area contributed by atoms with Crippen LogP contribution in [0.2, 0.25) is 5.02 Å². The van der Waals surface area contributed by atoms with Crippen LogP contribution in [-0.2, 0) is 15.7 Å². The van der Waals surface area contributed by atoms with Gasteiger partial charge in [-0.1, -0.05) is 67.9 Å². The molecule has 2 aromatic carbocycles. The summed E-state index contributed by atoms with van der Waals surface area (Å²) in [4.78, 5) is 12.5. The Balaban J connectivity index is 0.00000288. The van der Waals surface area contributed by atoms with Gasteiger partial charge in [-0.15, -0.1) is 12.4 Å². The smallest absolute Gasteiger partial charge is 0.244 e. The molecule has 0 aliphatic carbocycles. The highest BCUT2D eigenvalue weighted by molar-refractivity contribution is 6.30. The second-order valence-corrected chi connectivity index (χ2v) is 7.08. The molecule has 1 amide bonds. The Morgan fingerprint density at radius 2 is 1.62 bits per heavy atom. The monoisotopic (exact) mass is 366 g/mol. The molecule has 0 saturated heterocycles. The second kappa shape index (κ2) is 8.02. The summed E-state index contributed by atoms with van der Waals surface area (Å²) in [5.74, 6) is -0.196. The first-order chi connectivity index (χ1) is 10.7. The number of benzene rings is 2. The van der Waals surface area contributed by atoms with Crippen LogP contribution in [0.25, 0.3) is 0 Å². The largest absolute Gasteiger partial charge is 0.353 e. The van der Waals surface area contributed by atoms with Crippen molar-refractivity contribution in [2.75, 3.05) is 6.54 Å². The summed E-state index contributed by atoms with van der Waals surface area (Å²) in [6.45, 7) is 6.33. The second-order valence-electron chi connectivity index (χ2n) is 6.65. The van der Waals surface area contributed by atoms with Gasteiger partial charge in [-0.2, -0.15) is 0 Å². The lowest BCUT2D eigenvalue weighted by atomic mass is 9.84. The van der Waals surface area contributed by atoms with Crippen molar-refractivity contribution in [2.24, 2.45) is 5.73 Å². The van der Waals surface area contributed by atoms with Crippen molar-refractivity contribution in [3.63, 3.8) is 0 Å². The van der Waals surface area contributed by atoms with Gasteiger partial charge in [0.2, 0.25) is 5.91 Å². The highest BCUT2D eigenvalue weighted by atomic mass is 35.5. The van der Waals surface area contributed by atoms with Gasteiger partial charge < -0.3 is 11.1 Å². The van der Waals surface area contributed by atoms with E-state index < -0.39 is 5.54 Å². The maximum absolute atomic E-state index is 12.5. The van der Waals surface area contributed by atoms with Crippen molar-refractivity contribution >= 4 is 29.9 Å².